The molecule has 0 saturated carbocycles. The third-order valence-electron chi connectivity index (χ3n) is 5.08. The van der Waals surface area contributed by atoms with E-state index in [1.807, 2.05) is 51.2 Å². The number of carbonyl (C=O) groups excluding carboxylic acids is 1. The maximum absolute atomic E-state index is 13.2. The van der Waals surface area contributed by atoms with Crippen LogP contribution in [0.1, 0.15) is 40.5 Å². The monoisotopic (exact) mass is 366 g/mol. The third kappa shape index (κ3) is 2.77. The van der Waals surface area contributed by atoms with Crippen LogP contribution in [0.5, 0.6) is 0 Å². The minimum absolute atomic E-state index is 0.130. The number of nitrogens with zero attached hydrogens (tertiary/aromatic N) is 6. The molecule has 1 atom stereocenters. The van der Waals surface area contributed by atoms with E-state index in [2.05, 4.69) is 10.2 Å². The Morgan fingerprint density at radius 2 is 1.93 bits per heavy atom. The largest absolute Gasteiger partial charge is 0.346 e. The summed E-state index contributed by atoms with van der Waals surface area (Å²) in [6.07, 6.45) is 0. The summed E-state index contributed by atoms with van der Waals surface area (Å²) >= 11 is 0. The van der Waals surface area contributed by atoms with Crippen LogP contribution in [0.15, 0.2) is 41.2 Å². The molecule has 2 aromatic heterocycles. The van der Waals surface area contributed by atoms with Crippen LogP contribution in [0.2, 0.25) is 0 Å². The average Bonchev–Trinajstić information content (AvgIpc) is 3.20. The first-order valence-electron chi connectivity index (χ1n) is 9.05. The summed E-state index contributed by atoms with van der Waals surface area (Å²) in [5.74, 6) is 0.442. The van der Waals surface area contributed by atoms with Crippen LogP contribution in [0.3, 0.4) is 0 Å². The van der Waals surface area contributed by atoms with E-state index in [0.29, 0.717) is 31.2 Å². The second-order valence-corrected chi connectivity index (χ2v) is 6.71. The van der Waals surface area contributed by atoms with Crippen LogP contribution in [0, 0.1) is 6.92 Å². The molecule has 1 aliphatic rings. The predicted octanol–water partition coefficient (Wildman–Crippen LogP) is 1.35. The molecule has 0 radical (unpaired) electrons. The molecule has 0 saturated heterocycles. The van der Waals surface area contributed by atoms with Crippen LogP contribution in [-0.2, 0) is 20.1 Å². The van der Waals surface area contributed by atoms with E-state index in [1.54, 1.807) is 20.2 Å². The molecule has 8 nitrogen and oxygen atoms in total. The van der Waals surface area contributed by atoms with Crippen LogP contribution in [0.4, 0.5) is 0 Å². The predicted molar refractivity (Wildman–Crippen MR) is 99.4 cm³/mol. The summed E-state index contributed by atoms with van der Waals surface area (Å²) in [6, 6.07) is 11.1. The Labute approximate surface area is 156 Å². The highest BCUT2D eigenvalue weighted by molar-refractivity contribution is 5.93. The zero-order valence-electron chi connectivity index (χ0n) is 15.7. The molecular formula is C19H22N6O2. The summed E-state index contributed by atoms with van der Waals surface area (Å²) < 4.78 is 4.81. The third-order valence-corrected chi connectivity index (χ3v) is 5.08. The molecule has 1 aliphatic heterocycles. The van der Waals surface area contributed by atoms with Gasteiger partial charge in [-0.15, -0.1) is 0 Å². The van der Waals surface area contributed by atoms with E-state index in [4.69, 9.17) is 0 Å². The van der Waals surface area contributed by atoms with Gasteiger partial charge in [0.2, 0.25) is 0 Å². The molecule has 0 fully saturated rings. The van der Waals surface area contributed by atoms with E-state index in [-0.39, 0.29) is 11.6 Å². The van der Waals surface area contributed by atoms with Crippen molar-refractivity contribution in [2.24, 2.45) is 7.05 Å². The molecule has 1 unspecified atom stereocenters. The lowest BCUT2D eigenvalue weighted by atomic mass is 10.0. The number of aryl methyl sites for hydroxylation is 3. The van der Waals surface area contributed by atoms with Gasteiger partial charge in [0.25, 0.3) is 5.91 Å². The van der Waals surface area contributed by atoms with Gasteiger partial charge >= 0.3 is 5.69 Å². The van der Waals surface area contributed by atoms with Gasteiger partial charge in [-0.2, -0.15) is 10.2 Å². The molecule has 3 heterocycles. The van der Waals surface area contributed by atoms with Crippen molar-refractivity contribution in [3.63, 3.8) is 0 Å². The molecule has 0 N–H and O–H groups in total. The van der Waals surface area contributed by atoms with Gasteiger partial charge in [-0.05, 0) is 25.5 Å². The van der Waals surface area contributed by atoms with Crippen LogP contribution in [-0.4, -0.2) is 41.5 Å². The van der Waals surface area contributed by atoms with Crippen LogP contribution in [0.25, 0.3) is 0 Å². The Kier molecular flexibility index (Phi) is 4.18. The van der Waals surface area contributed by atoms with Crippen molar-refractivity contribution in [1.29, 1.82) is 0 Å². The fourth-order valence-corrected chi connectivity index (χ4v) is 3.55. The minimum Gasteiger partial charge on any atom is -0.321 e. The Hall–Kier alpha value is -3.16. The number of carbonyl (C=O) groups is 1. The highest BCUT2D eigenvalue weighted by atomic mass is 16.2. The van der Waals surface area contributed by atoms with Crippen molar-refractivity contribution in [2.45, 2.75) is 33.0 Å². The van der Waals surface area contributed by atoms with E-state index in [0.717, 1.165) is 11.3 Å². The number of hydrogen-bond acceptors (Lipinski definition) is 4. The van der Waals surface area contributed by atoms with Gasteiger partial charge in [-0.1, -0.05) is 30.3 Å². The fraction of sp³-hybridized carbons (Fsp3) is 0.368. The van der Waals surface area contributed by atoms with E-state index in [9.17, 15) is 9.59 Å². The molecule has 1 amide bonds. The van der Waals surface area contributed by atoms with E-state index >= 15 is 0 Å². The molecule has 140 valence electrons. The number of fused-ring (bicyclic) bond motifs is 1. The summed E-state index contributed by atoms with van der Waals surface area (Å²) in [4.78, 5) is 27.6. The number of amides is 1. The van der Waals surface area contributed by atoms with E-state index in [1.165, 1.54) is 4.68 Å². The molecule has 27 heavy (non-hydrogen) atoms. The van der Waals surface area contributed by atoms with Gasteiger partial charge in [0, 0.05) is 32.4 Å². The lowest BCUT2D eigenvalue weighted by molar-refractivity contribution is 0.0650. The summed E-state index contributed by atoms with van der Waals surface area (Å²) in [7, 11) is 1.82. The molecule has 0 bridgehead atoms. The highest BCUT2D eigenvalue weighted by Gasteiger charge is 2.36. The Morgan fingerprint density at radius 3 is 2.56 bits per heavy atom. The summed E-state index contributed by atoms with van der Waals surface area (Å²) in [6.45, 7) is 5.14. The SMILES string of the molecule is CCn1nc2n(c1=O)CCN(C(=O)c1cc(C)n(C)n1)C2c1ccccc1. The van der Waals surface area contributed by atoms with Gasteiger partial charge in [-0.25, -0.2) is 9.48 Å². The smallest absolute Gasteiger partial charge is 0.321 e. The van der Waals surface area contributed by atoms with Gasteiger partial charge in [0.15, 0.2) is 11.5 Å². The Bertz CT molecular complexity index is 1030. The van der Waals surface area contributed by atoms with Crippen molar-refractivity contribution >= 4 is 5.91 Å². The van der Waals surface area contributed by atoms with E-state index < -0.39 is 6.04 Å². The lowest BCUT2D eigenvalue weighted by Gasteiger charge is -2.35. The molecular weight excluding hydrogens is 344 g/mol. The minimum atomic E-state index is -0.421. The Morgan fingerprint density at radius 1 is 1.19 bits per heavy atom. The topological polar surface area (TPSA) is 78.0 Å². The molecule has 0 aliphatic carbocycles. The second kappa shape index (κ2) is 6.53. The number of aromatic nitrogens is 5. The molecule has 3 aromatic rings. The first-order chi connectivity index (χ1) is 13.0. The van der Waals surface area contributed by atoms with Gasteiger partial charge in [0.1, 0.15) is 6.04 Å². The molecule has 0 spiro atoms. The quantitative estimate of drug-likeness (QED) is 0.701. The van der Waals surface area contributed by atoms with Crippen LogP contribution >= 0.6 is 0 Å². The maximum Gasteiger partial charge on any atom is 0.346 e. The van der Waals surface area contributed by atoms with Crippen LogP contribution < -0.4 is 5.69 Å². The zero-order valence-corrected chi connectivity index (χ0v) is 15.7. The highest BCUT2D eigenvalue weighted by Crippen LogP contribution is 2.31. The number of hydrogen-bond donors (Lipinski definition) is 0. The standard InChI is InChI=1S/C19H22N6O2/c1-4-25-19(27)24-11-10-23(18(26)15-12-13(2)22(3)20-15)16(17(24)21-25)14-8-6-5-7-9-14/h5-9,12,16H,4,10-11H2,1-3H3. The molecule has 8 heteroatoms. The first kappa shape index (κ1) is 17.3. The normalized spacial score (nSPS) is 16.4. The maximum atomic E-state index is 13.2. The van der Waals surface area contributed by atoms with Crippen molar-refractivity contribution in [3.05, 3.63) is 69.7 Å². The van der Waals surface area contributed by atoms with Crippen molar-refractivity contribution in [3.8, 4) is 0 Å². The lowest BCUT2D eigenvalue weighted by Crippen LogP contribution is -2.45. The van der Waals surface area contributed by atoms with Crippen molar-refractivity contribution in [1.82, 2.24) is 29.0 Å². The van der Waals surface area contributed by atoms with Gasteiger partial charge < -0.3 is 4.90 Å². The number of benzene rings is 1. The number of rotatable bonds is 3. The van der Waals surface area contributed by atoms with Crippen molar-refractivity contribution < 1.29 is 4.79 Å². The first-order valence-corrected chi connectivity index (χ1v) is 9.05. The molecule has 4 rings (SSSR count). The zero-order chi connectivity index (χ0) is 19.1. The van der Waals surface area contributed by atoms with Gasteiger partial charge in [-0.3, -0.25) is 14.0 Å². The fourth-order valence-electron chi connectivity index (χ4n) is 3.55. The van der Waals surface area contributed by atoms with Crippen molar-refractivity contribution in [2.75, 3.05) is 6.54 Å². The van der Waals surface area contributed by atoms with Gasteiger partial charge in [0.05, 0.1) is 0 Å². The Balaban J connectivity index is 1.83. The summed E-state index contributed by atoms with van der Waals surface area (Å²) in [5.41, 5.74) is 2.11. The average molecular weight is 366 g/mol. The second-order valence-electron chi connectivity index (χ2n) is 6.71. The molecule has 1 aromatic carbocycles. The summed E-state index contributed by atoms with van der Waals surface area (Å²) in [5, 5.41) is 8.86.